The SMILES string of the molecule is NCC1CCN(c2ncc(C(N)=O)c(NCc3ccc(Cl)cc3Cl)n2)CC1. The first-order chi connectivity index (χ1) is 13.0. The van der Waals surface area contributed by atoms with Gasteiger partial charge in [-0.1, -0.05) is 29.3 Å². The highest BCUT2D eigenvalue weighted by Crippen LogP contribution is 2.24. The standard InChI is InChI=1S/C18H22Cl2N6O/c19-13-2-1-12(15(20)7-13)9-23-17-14(16(22)27)10-24-18(25-17)26-5-3-11(8-21)4-6-26/h1-2,7,10-11H,3-6,8-9,21H2,(H2,22,27)(H,23,24,25). The number of rotatable bonds is 6. The number of benzene rings is 1. The molecule has 0 spiro atoms. The third-order valence-electron chi connectivity index (χ3n) is 4.73. The first kappa shape index (κ1) is 19.7. The monoisotopic (exact) mass is 408 g/mol. The number of nitrogens with zero attached hydrogens (tertiary/aromatic N) is 3. The van der Waals surface area contributed by atoms with E-state index in [1.54, 1.807) is 12.1 Å². The highest BCUT2D eigenvalue weighted by Gasteiger charge is 2.21. The summed E-state index contributed by atoms with van der Waals surface area (Å²) in [6.07, 6.45) is 3.46. The highest BCUT2D eigenvalue weighted by atomic mass is 35.5. The lowest BCUT2D eigenvalue weighted by molar-refractivity contribution is 0.100. The molecule has 2 aromatic rings. The predicted molar refractivity (Wildman–Crippen MR) is 108 cm³/mol. The molecule has 0 bridgehead atoms. The molecule has 1 amide bonds. The van der Waals surface area contributed by atoms with Gasteiger partial charge in [-0.2, -0.15) is 4.98 Å². The lowest BCUT2D eigenvalue weighted by atomic mass is 9.97. The molecule has 5 N–H and O–H groups in total. The molecule has 0 aliphatic carbocycles. The maximum absolute atomic E-state index is 11.7. The van der Waals surface area contributed by atoms with E-state index in [4.69, 9.17) is 34.7 Å². The van der Waals surface area contributed by atoms with Crippen LogP contribution in [0, 0.1) is 5.92 Å². The summed E-state index contributed by atoms with van der Waals surface area (Å²) in [6.45, 7) is 2.74. The molecular weight excluding hydrogens is 387 g/mol. The molecule has 2 heterocycles. The molecular formula is C18H22Cl2N6O. The summed E-state index contributed by atoms with van der Waals surface area (Å²) in [7, 11) is 0. The van der Waals surface area contributed by atoms with E-state index in [2.05, 4.69) is 20.2 Å². The van der Waals surface area contributed by atoms with Crippen LogP contribution in [0.2, 0.25) is 10.0 Å². The fourth-order valence-corrected chi connectivity index (χ4v) is 3.53. The minimum atomic E-state index is -0.590. The largest absolute Gasteiger partial charge is 0.365 e. The molecule has 1 saturated heterocycles. The Labute approximate surface area is 168 Å². The number of amides is 1. The zero-order chi connectivity index (χ0) is 19.4. The van der Waals surface area contributed by atoms with Gasteiger partial charge in [-0.05, 0) is 43.0 Å². The van der Waals surface area contributed by atoms with E-state index in [9.17, 15) is 4.79 Å². The number of primary amides is 1. The fraction of sp³-hybridized carbons (Fsp3) is 0.389. The summed E-state index contributed by atoms with van der Waals surface area (Å²) in [5, 5.41) is 4.24. The molecule has 0 unspecified atom stereocenters. The van der Waals surface area contributed by atoms with Crippen molar-refractivity contribution in [1.82, 2.24) is 9.97 Å². The van der Waals surface area contributed by atoms with Crippen molar-refractivity contribution in [1.29, 1.82) is 0 Å². The number of carbonyl (C=O) groups excluding carboxylic acids is 1. The Balaban J connectivity index is 1.78. The van der Waals surface area contributed by atoms with Crippen LogP contribution in [0.25, 0.3) is 0 Å². The Bertz CT molecular complexity index is 823. The van der Waals surface area contributed by atoms with Crippen LogP contribution in [0.5, 0.6) is 0 Å². The van der Waals surface area contributed by atoms with Crippen molar-refractivity contribution in [3.8, 4) is 0 Å². The topological polar surface area (TPSA) is 110 Å². The normalized spacial score (nSPS) is 15.0. The van der Waals surface area contributed by atoms with Gasteiger partial charge in [0, 0.05) is 35.9 Å². The first-order valence-corrected chi connectivity index (χ1v) is 9.53. The number of hydrogen-bond donors (Lipinski definition) is 3. The van der Waals surface area contributed by atoms with Crippen molar-refractivity contribution in [2.45, 2.75) is 19.4 Å². The Morgan fingerprint density at radius 3 is 2.67 bits per heavy atom. The number of carbonyl (C=O) groups is 1. The molecule has 1 aliphatic heterocycles. The molecule has 1 fully saturated rings. The summed E-state index contributed by atoms with van der Waals surface area (Å²) in [4.78, 5) is 22.7. The van der Waals surface area contributed by atoms with Crippen molar-refractivity contribution >= 4 is 40.9 Å². The van der Waals surface area contributed by atoms with Crippen LogP contribution in [-0.4, -0.2) is 35.5 Å². The zero-order valence-electron chi connectivity index (χ0n) is 14.8. The second-order valence-electron chi connectivity index (χ2n) is 6.55. The Hall–Kier alpha value is -2.09. The van der Waals surface area contributed by atoms with Gasteiger partial charge in [-0.3, -0.25) is 4.79 Å². The Kier molecular flexibility index (Phi) is 6.36. The number of halogens is 2. The fourth-order valence-electron chi connectivity index (χ4n) is 3.05. The van der Waals surface area contributed by atoms with Crippen LogP contribution in [0.1, 0.15) is 28.8 Å². The van der Waals surface area contributed by atoms with E-state index in [-0.39, 0.29) is 5.56 Å². The Morgan fingerprint density at radius 1 is 1.30 bits per heavy atom. The van der Waals surface area contributed by atoms with Crippen LogP contribution >= 0.6 is 23.2 Å². The third-order valence-corrected chi connectivity index (χ3v) is 5.32. The van der Waals surface area contributed by atoms with Crippen LogP contribution in [0.15, 0.2) is 24.4 Å². The summed E-state index contributed by atoms with van der Waals surface area (Å²) in [5.74, 6) is 0.906. The van der Waals surface area contributed by atoms with Crippen molar-refractivity contribution < 1.29 is 4.79 Å². The molecule has 9 heteroatoms. The maximum Gasteiger partial charge on any atom is 0.254 e. The number of aromatic nitrogens is 2. The van der Waals surface area contributed by atoms with Crippen LogP contribution < -0.4 is 21.7 Å². The van der Waals surface area contributed by atoms with E-state index in [0.29, 0.717) is 40.8 Å². The van der Waals surface area contributed by atoms with E-state index >= 15 is 0 Å². The first-order valence-electron chi connectivity index (χ1n) is 8.77. The summed E-state index contributed by atoms with van der Waals surface area (Å²) in [5.41, 5.74) is 12.3. The average Bonchev–Trinajstić information content (AvgIpc) is 2.67. The third kappa shape index (κ3) is 4.80. The zero-order valence-corrected chi connectivity index (χ0v) is 16.3. The van der Waals surface area contributed by atoms with Gasteiger partial charge >= 0.3 is 0 Å². The van der Waals surface area contributed by atoms with E-state index < -0.39 is 5.91 Å². The van der Waals surface area contributed by atoms with Gasteiger partial charge in [0.15, 0.2) is 0 Å². The second kappa shape index (κ2) is 8.73. The molecule has 7 nitrogen and oxygen atoms in total. The summed E-state index contributed by atoms with van der Waals surface area (Å²) < 4.78 is 0. The van der Waals surface area contributed by atoms with Crippen molar-refractivity contribution in [2.24, 2.45) is 17.4 Å². The highest BCUT2D eigenvalue weighted by molar-refractivity contribution is 6.35. The molecule has 144 valence electrons. The minimum Gasteiger partial charge on any atom is -0.365 e. The molecule has 0 atom stereocenters. The summed E-state index contributed by atoms with van der Waals surface area (Å²) >= 11 is 12.1. The lowest BCUT2D eigenvalue weighted by Gasteiger charge is -2.31. The average molecular weight is 409 g/mol. The van der Waals surface area contributed by atoms with Gasteiger partial charge in [0.05, 0.1) is 5.56 Å². The molecule has 0 radical (unpaired) electrons. The van der Waals surface area contributed by atoms with E-state index in [1.165, 1.54) is 6.20 Å². The van der Waals surface area contributed by atoms with Gasteiger partial charge in [0.1, 0.15) is 5.82 Å². The molecule has 1 aliphatic rings. The van der Waals surface area contributed by atoms with Gasteiger partial charge in [-0.15, -0.1) is 0 Å². The second-order valence-corrected chi connectivity index (χ2v) is 7.40. The molecule has 3 rings (SSSR count). The van der Waals surface area contributed by atoms with Gasteiger partial charge in [0.25, 0.3) is 5.91 Å². The lowest BCUT2D eigenvalue weighted by Crippen LogP contribution is -2.37. The Morgan fingerprint density at radius 2 is 2.04 bits per heavy atom. The van der Waals surface area contributed by atoms with Crippen molar-refractivity contribution in [2.75, 3.05) is 29.9 Å². The molecule has 1 aromatic heterocycles. The summed E-state index contributed by atoms with van der Waals surface area (Å²) in [6, 6.07) is 5.25. The number of hydrogen-bond acceptors (Lipinski definition) is 6. The maximum atomic E-state index is 11.7. The van der Waals surface area contributed by atoms with Crippen LogP contribution in [-0.2, 0) is 6.54 Å². The van der Waals surface area contributed by atoms with Gasteiger partial charge in [0.2, 0.25) is 5.95 Å². The quantitative estimate of drug-likeness (QED) is 0.677. The van der Waals surface area contributed by atoms with E-state index in [0.717, 1.165) is 31.5 Å². The van der Waals surface area contributed by atoms with Crippen molar-refractivity contribution in [3.05, 3.63) is 45.6 Å². The molecule has 27 heavy (non-hydrogen) atoms. The van der Waals surface area contributed by atoms with Crippen LogP contribution in [0.4, 0.5) is 11.8 Å². The van der Waals surface area contributed by atoms with E-state index in [1.807, 2.05) is 6.07 Å². The predicted octanol–water partition coefficient (Wildman–Crippen LogP) is 2.67. The molecule has 0 saturated carbocycles. The number of nitrogens with two attached hydrogens (primary N) is 2. The van der Waals surface area contributed by atoms with Gasteiger partial charge < -0.3 is 21.7 Å². The van der Waals surface area contributed by atoms with Crippen LogP contribution in [0.3, 0.4) is 0 Å². The van der Waals surface area contributed by atoms with Crippen molar-refractivity contribution in [3.63, 3.8) is 0 Å². The van der Waals surface area contributed by atoms with Gasteiger partial charge in [-0.25, -0.2) is 4.98 Å². The number of nitrogens with one attached hydrogen (secondary N) is 1. The number of anilines is 2. The minimum absolute atomic E-state index is 0.237. The number of piperidine rings is 1. The molecule has 1 aromatic carbocycles. The smallest absolute Gasteiger partial charge is 0.254 e.